The first-order valence-electron chi connectivity index (χ1n) is 10.2. The first kappa shape index (κ1) is 22.4. The summed E-state index contributed by atoms with van der Waals surface area (Å²) in [4.78, 5) is 14.9. The van der Waals surface area contributed by atoms with Gasteiger partial charge in [-0.15, -0.1) is 0 Å². The van der Waals surface area contributed by atoms with Crippen LogP contribution in [0.5, 0.6) is 0 Å². The lowest BCUT2D eigenvalue weighted by atomic mass is 10.2. The third kappa shape index (κ3) is 5.66. The first-order valence-corrected chi connectivity index (χ1v) is 11.6. The minimum atomic E-state index is -3.59. The largest absolute Gasteiger partial charge is 0.364 e. The zero-order valence-electron chi connectivity index (χ0n) is 17.5. The summed E-state index contributed by atoms with van der Waals surface area (Å²) in [6.07, 6.45) is -0.674. The molecule has 0 saturated carbocycles. The molecule has 8 heteroatoms. The van der Waals surface area contributed by atoms with Crippen LogP contribution in [0.25, 0.3) is 0 Å². The van der Waals surface area contributed by atoms with Crippen LogP contribution in [-0.4, -0.2) is 62.4 Å². The number of ether oxygens (including phenoxy) is 1. The van der Waals surface area contributed by atoms with Crippen molar-refractivity contribution in [3.63, 3.8) is 0 Å². The summed E-state index contributed by atoms with van der Waals surface area (Å²) in [6, 6.07) is 16.0. The second kappa shape index (κ2) is 10.2. The monoisotopic (exact) mass is 431 g/mol. The molecule has 1 fully saturated rings. The Balaban J connectivity index is 1.61. The van der Waals surface area contributed by atoms with E-state index in [1.807, 2.05) is 30.3 Å². The second-order valence-corrected chi connectivity index (χ2v) is 9.23. The number of likely N-dealkylation sites (N-methyl/N-ethyl adjacent to an activating group) is 1. The van der Waals surface area contributed by atoms with Crippen LogP contribution in [0.15, 0.2) is 59.5 Å². The van der Waals surface area contributed by atoms with Crippen molar-refractivity contribution in [1.82, 2.24) is 9.21 Å². The highest BCUT2D eigenvalue weighted by molar-refractivity contribution is 7.89. The topological polar surface area (TPSA) is 79.0 Å². The number of hydrogen-bond acceptors (Lipinski definition) is 5. The van der Waals surface area contributed by atoms with Gasteiger partial charge in [0.05, 0.1) is 11.5 Å². The molecule has 1 aliphatic rings. The van der Waals surface area contributed by atoms with Crippen molar-refractivity contribution in [3.8, 4) is 0 Å². The van der Waals surface area contributed by atoms with Gasteiger partial charge in [0.1, 0.15) is 6.10 Å². The maximum absolute atomic E-state index is 13.0. The second-order valence-electron chi connectivity index (χ2n) is 7.29. The fourth-order valence-corrected chi connectivity index (χ4v) is 4.75. The molecule has 1 saturated heterocycles. The van der Waals surface area contributed by atoms with Crippen LogP contribution in [0.2, 0.25) is 0 Å². The number of carbonyl (C=O) groups is 1. The van der Waals surface area contributed by atoms with Crippen LogP contribution < -0.4 is 5.32 Å². The van der Waals surface area contributed by atoms with Crippen LogP contribution in [-0.2, 0) is 26.2 Å². The Morgan fingerprint density at radius 1 is 1.07 bits per heavy atom. The summed E-state index contributed by atoms with van der Waals surface area (Å²) < 4.78 is 33.1. The molecule has 0 radical (unpaired) electrons. The molecule has 2 aromatic rings. The third-order valence-electron chi connectivity index (χ3n) is 5.23. The van der Waals surface area contributed by atoms with E-state index in [0.717, 1.165) is 25.2 Å². The number of hydrogen-bond donors (Lipinski definition) is 1. The molecule has 1 N–H and O–H groups in total. The molecule has 0 aromatic heterocycles. The Hall–Kier alpha value is -2.26. The van der Waals surface area contributed by atoms with Gasteiger partial charge < -0.3 is 15.0 Å². The van der Waals surface area contributed by atoms with E-state index < -0.39 is 16.1 Å². The predicted octanol–water partition coefficient (Wildman–Crippen LogP) is 2.56. The number of anilines is 1. The Morgan fingerprint density at radius 3 is 2.43 bits per heavy atom. The van der Waals surface area contributed by atoms with E-state index in [1.165, 1.54) is 10.4 Å². The number of nitrogens with one attached hydrogen (secondary N) is 1. The van der Waals surface area contributed by atoms with Crippen LogP contribution in [0.3, 0.4) is 0 Å². The highest BCUT2D eigenvalue weighted by atomic mass is 32.2. The zero-order valence-corrected chi connectivity index (χ0v) is 18.3. The molecule has 1 unspecified atom stereocenters. The molecule has 1 heterocycles. The maximum atomic E-state index is 13.0. The van der Waals surface area contributed by atoms with E-state index >= 15 is 0 Å². The first-order chi connectivity index (χ1) is 14.4. The third-order valence-corrected chi connectivity index (χ3v) is 7.12. The Labute approximate surface area is 178 Å². The van der Waals surface area contributed by atoms with Gasteiger partial charge >= 0.3 is 0 Å². The molecule has 1 amide bonds. The van der Waals surface area contributed by atoms with Gasteiger partial charge in [-0.3, -0.25) is 4.79 Å². The number of amides is 1. The number of nitrogens with zero attached hydrogens (tertiary/aromatic N) is 2. The molecule has 1 atom stereocenters. The predicted molar refractivity (Wildman–Crippen MR) is 117 cm³/mol. The van der Waals surface area contributed by atoms with Crippen molar-refractivity contribution >= 4 is 21.6 Å². The number of rotatable bonds is 8. The highest BCUT2D eigenvalue weighted by Crippen LogP contribution is 2.21. The standard InChI is InChI=1S/C22H29N3O4S/c1-3-24-12-14-25(15-13-24)30(27,28)21-11-7-10-20(16-21)23-22(26)18(2)29-17-19-8-5-4-6-9-19/h4-11,16,18H,3,12-15,17H2,1-2H3,(H,23,26). The molecule has 2 aromatic carbocycles. The smallest absolute Gasteiger partial charge is 0.253 e. The lowest BCUT2D eigenvalue weighted by Gasteiger charge is -2.33. The molecule has 30 heavy (non-hydrogen) atoms. The minimum absolute atomic E-state index is 0.183. The van der Waals surface area contributed by atoms with Crippen molar-refractivity contribution < 1.29 is 17.9 Å². The normalized spacial score (nSPS) is 16.9. The van der Waals surface area contributed by atoms with E-state index in [9.17, 15) is 13.2 Å². The van der Waals surface area contributed by atoms with Gasteiger partial charge in [-0.1, -0.05) is 43.3 Å². The zero-order chi connectivity index (χ0) is 21.6. The average Bonchev–Trinajstić information content (AvgIpc) is 2.78. The Morgan fingerprint density at radius 2 is 1.77 bits per heavy atom. The highest BCUT2D eigenvalue weighted by Gasteiger charge is 2.28. The van der Waals surface area contributed by atoms with Gasteiger partial charge in [-0.25, -0.2) is 8.42 Å². The van der Waals surface area contributed by atoms with Gasteiger partial charge in [-0.2, -0.15) is 4.31 Å². The number of carbonyl (C=O) groups excluding carboxylic acids is 1. The molecule has 7 nitrogen and oxygen atoms in total. The van der Waals surface area contributed by atoms with E-state index in [2.05, 4.69) is 17.1 Å². The van der Waals surface area contributed by atoms with Gasteiger partial charge in [0.15, 0.2) is 0 Å². The van der Waals surface area contributed by atoms with Crippen molar-refractivity contribution in [1.29, 1.82) is 0 Å². The quantitative estimate of drug-likeness (QED) is 0.695. The van der Waals surface area contributed by atoms with Gasteiger partial charge in [-0.05, 0) is 37.2 Å². The molecular formula is C22H29N3O4S. The van der Waals surface area contributed by atoms with Crippen molar-refractivity contribution in [2.45, 2.75) is 31.5 Å². The van der Waals surface area contributed by atoms with Crippen molar-refractivity contribution in [2.24, 2.45) is 0 Å². The van der Waals surface area contributed by atoms with Crippen molar-refractivity contribution in [3.05, 3.63) is 60.2 Å². The summed E-state index contributed by atoms with van der Waals surface area (Å²) in [5.74, 6) is -0.322. The van der Waals surface area contributed by atoms with E-state index in [0.29, 0.717) is 25.4 Å². The lowest BCUT2D eigenvalue weighted by molar-refractivity contribution is -0.127. The van der Waals surface area contributed by atoms with E-state index in [1.54, 1.807) is 25.1 Å². The van der Waals surface area contributed by atoms with Gasteiger partial charge in [0, 0.05) is 31.9 Å². The SMILES string of the molecule is CCN1CCN(S(=O)(=O)c2cccc(NC(=O)C(C)OCc3ccccc3)c2)CC1. The molecular weight excluding hydrogens is 402 g/mol. The molecule has 3 rings (SSSR count). The fraction of sp³-hybridized carbons (Fsp3) is 0.409. The minimum Gasteiger partial charge on any atom is -0.364 e. The fourth-order valence-electron chi connectivity index (χ4n) is 3.28. The average molecular weight is 432 g/mol. The van der Waals surface area contributed by atoms with Crippen LogP contribution in [0.4, 0.5) is 5.69 Å². The van der Waals surface area contributed by atoms with E-state index in [4.69, 9.17) is 4.74 Å². The summed E-state index contributed by atoms with van der Waals surface area (Å²) in [7, 11) is -3.59. The molecule has 0 bridgehead atoms. The lowest BCUT2D eigenvalue weighted by Crippen LogP contribution is -2.48. The summed E-state index contributed by atoms with van der Waals surface area (Å²) in [5, 5.41) is 2.75. The Kier molecular flexibility index (Phi) is 7.60. The molecule has 162 valence electrons. The molecule has 0 aliphatic carbocycles. The van der Waals surface area contributed by atoms with Crippen LogP contribution >= 0.6 is 0 Å². The van der Waals surface area contributed by atoms with Crippen molar-refractivity contribution in [2.75, 3.05) is 38.0 Å². The van der Waals surface area contributed by atoms with Gasteiger partial charge in [0.2, 0.25) is 10.0 Å². The molecule has 1 aliphatic heterocycles. The number of piperazine rings is 1. The number of sulfonamides is 1. The van der Waals surface area contributed by atoms with Gasteiger partial charge in [0.25, 0.3) is 5.91 Å². The maximum Gasteiger partial charge on any atom is 0.253 e. The summed E-state index contributed by atoms with van der Waals surface area (Å²) in [5.41, 5.74) is 1.41. The number of benzene rings is 2. The van der Waals surface area contributed by atoms with E-state index in [-0.39, 0.29) is 10.8 Å². The summed E-state index contributed by atoms with van der Waals surface area (Å²) >= 11 is 0. The summed E-state index contributed by atoms with van der Waals surface area (Å²) in [6.45, 7) is 7.37. The van der Waals surface area contributed by atoms with Crippen LogP contribution in [0, 0.1) is 0 Å². The van der Waals surface area contributed by atoms with Crippen LogP contribution in [0.1, 0.15) is 19.4 Å². The molecule has 0 spiro atoms. The Bertz CT molecular complexity index is 942.